The second kappa shape index (κ2) is 9.06. The molecular formula is C20H30N2O5. The Balaban J connectivity index is 1.99. The van der Waals surface area contributed by atoms with Gasteiger partial charge in [-0.25, -0.2) is 9.59 Å². The average Bonchev–Trinajstić information content (AvgIpc) is 2.95. The van der Waals surface area contributed by atoms with Crippen LogP contribution in [0.1, 0.15) is 59.3 Å². The van der Waals surface area contributed by atoms with Crippen LogP contribution in [0.5, 0.6) is 0 Å². The molecule has 0 aromatic rings. The van der Waals surface area contributed by atoms with Crippen LogP contribution in [0.25, 0.3) is 0 Å². The lowest BCUT2D eigenvalue weighted by molar-refractivity contribution is -0.143. The second-order valence-electron chi connectivity index (χ2n) is 8.12. The lowest BCUT2D eigenvalue weighted by Gasteiger charge is -2.30. The molecule has 1 aliphatic carbocycles. The third-order valence-electron chi connectivity index (χ3n) is 4.68. The van der Waals surface area contributed by atoms with Gasteiger partial charge < -0.3 is 15.2 Å². The molecule has 2 amide bonds. The van der Waals surface area contributed by atoms with Crippen LogP contribution in [-0.4, -0.2) is 52.2 Å². The highest BCUT2D eigenvalue weighted by Crippen LogP contribution is 2.21. The Morgan fingerprint density at radius 1 is 1.26 bits per heavy atom. The van der Waals surface area contributed by atoms with Gasteiger partial charge in [-0.3, -0.25) is 9.69 Å². The summed E-state index contributed by atoms with van der Waals surface area (Å²) < 4.78 is 5.34. The van der Waals surface area contributed by atoms with Gasteiger partial charge in [-0.15, -0.1) is 0 Å². The van der Waals surface area contributed by atoms with Crippen molar-refractivity contribution in [2.24, 2.45) is 0 Å². The summed E-state index contributed by atoms with van der Waals surface area (Å²) >= 11 is 0. The van der Waals surface area contributed by atoms with E-state index in [4.69, 9.17) is 4.74 Å². The van der Waals surface area contributed by atoms with Crippen molar-refractivity contribution in [3.05, 3.63) is 23.8 Å². The summed E-state index contributed by atoms with van der Waals surface area (Å²) in [5, 5.41) is 12.5. The summed E-state index contributed by atoms with van der Waals surface area (Å²) in [6.07, 6.45) is 9.34. The van der Waals surface area contributed by atoms with Crippen molar-refractivity contribution in [1.29, 1.82) is 0 Å². The number of carboxylic acids is 1. The lowest BCUT2D eigenvalue weighted by Crippen LogP contribution is -2.46. The summed E-state index contributed by atoms with van der Waals surface area (Å²) in [5.41, 5.74) is 0.148. The second-order valence-corrected chi connectivity index (χ2v) is 8.12. The molecular weight excluding hydrogens is 348 g/mol. The van der Waals surface area contributed by atoms with Gasteiger partial charge in [0, 0.05) is 18.7 Å². The lowest BCUT2D eigenvalue weighted by atomic mass is 10.1. The number of amides is 2. The molecule has 2 aliphatic rings. The Bertz CT molecular complexity index is 627. The summed E-state index contributed by atoms with van der Waals surface area (Å²) in [4.78, 5) is 37.3. The third kappa shape index (κ3) is 6.73. The number of carboxylic acid groups (broad SMARTS) is 1. The molecule has 7 nitrogen and oxygen atoms in total. The van der Waals surface area contributed by atoms with Crippen molar-refractivity contribution in [2.45, 2.75) is 77.0 Å². The highest BCUT2D eigenvalue weighted by molar-refractivity contribution is 5.88. The Kier molecular flexibility index (Phi) is 7.05. The van der Waals surface area contributed by atoms with E-state index in [2.05, 4.69) is 5.32 Å². The number of allylic oxidation sites excluding steroid dienone is 1. The quantitative estimate of drug-likeness (QED) is 0.733. The SMILES string of the molecule is CC(C)(C)OC(=O)N1CCC(/C=C/C(=O)NC2CCCC2)=CCC1C(=O)O. The molecule has 7 heteroatoms. The van der Waals surface area contributed by atoms with E-state index in [1.54, 1.807) is 32.9 Å². The predicted octanol–water partition coefficient (Wildman–Crippen LogP) is 3.01. The molecule has 0 bridgehead atoms. The Labute approximate surface area is 160 Å². The van der Waals surface area contributed by atoms with Crippen molar-refractivity contribution in [2.75, 3.05) is 6.54 Å². The maximum absolute atomic E-state index is 12.4. The minimum Gasteiger partial charge on any atom is -0.480 e. The van der Waals surface area contributed by atoms with Crippen molar-refractivity contribution in [1.82, 2.24) is 10.2 Å². The average molecular weight is 378 g/mol. The van der Waals surface area contributed by atoms with Crippen molar-refractivity contribution >= 4 is 18.0 Å². The molecule has 1 heterocycles. The fourth-order valence-corrected chi connectivity index (χ4v) is 3.32. The Morgan fingerprint density at radius 3 is 2.52 bits per heavy atom. The molecule has 27 heavy (non-hydrogen) atoms. The Hall–Kier alpha value is -2.31. The van der Waals surface area contributed by atoms with Crippen LogP contribution in [0.15, 0.2) is 23.8 Å². The van der Waals surface area contributed by atoms with E-state index < -0.39 is 23.7 Å². The number of carbonyl (C=O) groups is 3. The molecule has 1 unspecified atom stereocenters. The first-order valence-corrected chi connectivity index (χ1v) is 9.56. The molecule has 1 fully saturated rings. The van der Waals surface area contributed by atoms with Gasteiger partial charge in [-0.2, -0.15) is 0 Å². The van der Waals surface area contributed by atoms with E-state index in [1.165, 1.54) is 11.0 Å². The van der Waals surface area contributed by atoms with Gasteiger partial charge in [0.1, 0.15) is 11.6 Å². The maximum atomic E-state index is 12.4. The van der Waals surface area contributed by atoms with Crippen LogP contribution in [-0.2, 0) is 14.3 Å². The standard InChI is InChI=1S/C20H30N2O5/c1-20(2,3)27-19(26)22-13-12-14(8-10-16(22)18(24)25)9-11-17(23)21-15-6-4-5-7-15/h8-9,11,15-16H,4-7,10,12-13H2,1-3H3,(H,21,23)(H,24,25)/b11-9+. The first-order chi connectivity index (χ1) is 12.7. The van der Waals surface area contributed by atoms with E-state index in [9.17, 15) is 19.5 Å². The first-order valence-electron chi connectivity index (χ1n) is 9.56. The molecule has 1 saturated carbocycles. The zero-order chi connectivity index (χ0) is 20.0. The van der Waals surface area contributed by atoms with Gasteiger partial charge in [0.25, 0.3) is 0 Å². The maximum Gasteiger partial charge on any atom is 0.411 e. The monoisotopic (exact) mass is 378 g/mol. The number of hydrogen-bond donors (Lipinski definition) is 2. The van der Waals surface area contributed by atoms with Gasteiger partial charge in [-0.1, -0.05) is 25.0 Å². The molecule has 1 aliphatic heterocycles. The molecule has 0 radical (unpaired) electrons. The highest BCUT2D eigenvalue weighted by atomic mass is 16.6. The van der Waals surface area contributed by atoms with Crippen LogP contribution in [0, 0.1) is 0 Å². The molecule has 1 atom stereocenters. The van der Waals surface area contributed by atoms with Gasteiger partial charge in [0.2, 0.25) is 5.91 Å². The minimum absolute atomic E-state index is 0.133. The van der Waals surface area contributed by atoms with Crippen LogP contribution in [0.2, 0.25) is 0 Å². The molecule has 2 rings (SSSR count). The Morgan fingerprint density at radius 2 is 1.93 bits per heavy atom. The van der Waals surface area contributed by atoms with E-state index >= 15 is 0 Å². The number of aliphatic carboxylic acids is 1. The van der Waals surface area contributed by atoms with E-state index in [0.717, 1.165) is 31.3 Å². The number of rotatable bonds is 4. The summed E-state index contributed by atoms with van der Waals surface area (Å²) in [6.45, 7) is 5.46. The molecule has 0 saturated heterocycles. The molecule has 150 valence electrons. The summed E-state index contributed by atoms with van der Waals surface area (Å²) in [7, 11) is 0. The summed E-state index contributed by atoms with van der Waals surface area (Å²) in [5.74, 6) is -1.20. The fourth-order valence-electron chi connectivity index (χ4n) is 3.32. The van der Waals surface area contributed by atoms with Crippen molar-refractivity contribution in [3.8, 4) is 0 Å². The van der Waals surface area contributed by atoms with Crippen LogP contribution in [0.3, 0.4) is 0 Å². The van der Waals surface area contributed by atoms with Gasteiger partial charge in [0.15, 0.2) is 0 Å². The molecule has 0 aromatic heterocycles. The molecule has 0 spiro atoms. The number of nitrogens with zero attached hydrogens (tertiary/aromatic N) is 1. The van der Waals surface area contributed by atoms with E-state index in [0.29, 0.717) is 6.42 Å². The topological polar surface area (TPSA) is 95.9 Å². The molecule has 0 aromatic carbocycles. The smallest absolute Gasteiger partial charge is 0.411 e. The first kappa shape index (κ1) is 21.0. The largest absolute Gasteiger partial charge is 0.480 e. The van der Waals surface area contributed by atoms with E-state index in [-0.39, 0.29) is 24.9 Å². The predicted molar refractivity (Wildman–Crippen MR) is 101 cm³/mol. The minimum atomic E-state index is -1.07. The number of carbonyl (C=O) groups excluding carboxylic acids is 2. The summed E-state index contributed by atoms with van der Waals surface area (Å²) in [6, 6.07) is -0.720. The van der Waals surface area contributed by atoms with E-state index in [1.807, 2.05) is 0 Å². The third-order valence-corrected chi connectivity index (χ3v) is 4.68. The number of ether oxygens (including phenoxy) is 1. The highest BCUT2D eigenvalue weighted by Gasteiger charge is 2.33. The van der Waals surface area contributed by atoms with Gasteiger partial charge >= 0.3 is 12.1 Å². The fraction of sp³-hybridized carbons (Fsp3) is 0.650. The van der Waals surface area contributed by atoms with Gasteiger partial charge in [-0.05, 0) is 52.0 Å². The number of hydrogen-bond acceptors (Lipinski definition) is 4. The van der Waals surface area contributed by atoms with Crippen molar-refractivity contribution in [3.63, 3.8) is 0 Å². The molecule has 2 N–H and O–H groups in total. The van der Waals surface area contributed by atoms with Crippen LogP contribution < -0.4 is 5.32 Å². The van der Waals surface area contributed by atoms with Crippen molar-refractivity contribution < 1.29 is 24.2 Å². The zero-order valence-corrected chi connectivity index (χ0v) is 16.4. The van der Waals surface area contributed by atoms with Crippen LogP contribution >= 0.6 is 0 Å². The zero-order valence-electron chi connectivity index (χ0n) is 16.4. The number of nitrogens with one attached hydrogen (secondary N) is 1. The van der Waals surface area contributed by atoms with Crippen LogP contribution in [0.4, 0.5) is 4.79 Å². The normalized spacial score (nSPS) is 21.7. The van der Waals surface area contributed by atoms with Gasteiger partial charge in [0.05, 0.1) is 0 Å².